The molecule has 0 amide bonds. The molecule has 1 aliphatic rings. The molecule has 1 heterocycles. The molecule has 1 aromatic carbocycles. The van der Waals surface area contributed by atoms with Crippen LogP contribution < -0.4 is 4.74 Å². The van der Waals surface area contributed by atoms with Crippen LogP contribution in [0.2, 0.25) is 0 Å². The predicted octanol–water partition coefficient (Wildman–Crippen LogP) is 1.73. The summed E-state index contributed by atoms with van der Waals surface area (Å²) in [4.78, 5) is 0. The molecule has 0 fully saturated rings. The number of fused-ring (bicyclic) bond motifs is 1. The van der Waals surface area contributed by atoms with Crippen molar-refractivity contribution in [3.8, 4) is 11.5 Å². The second-order valence-electron chi connectivity index (χ2n) is 1.55. The summed E-state index contributed by atoms with van der Waals surface area (Å²) in [6.45, 7) is 0. The lowest BCUT2D eigenvalue weighted by atomic mass is 10.4. The molecule has 0 spiro atoms. The van der Waals surface area contributed by atoms with Gasteiger partial charge in [-0.2, -0.15) is 0 Å². The summed E-state index contributed by atoms with van der Waals surface area (Å²) in [5, 5.41) is 0. The molecule has 1 aliphatic heterocycles. The molecule has 0 bridgehead atoms. The molecule has 0 aromatic heterocycles. The van der Waals surface area contributed by atoms with Crippen molar-refractivity contribution >= 4 is 9.12 Å². The summed E-state index contributed by atoms with van der Waals surface area (Å²) in [5.41, 5.74) is 0. The van der Waals surface area contributed by atoms with Crippen LogP contribution in [0.1, 0.15) is 0 Å². The van der Waals surface area contributed by atoms with Crippen molar-refractivity contribution in [2.75, 3.05) is 0 Å². The maximum absolute atomic E-state index is 8.28. The number of benzene rings is 1. The van der Waals surface area contributed by atoms with E-state index in [1.807, 2.05) is 24.3 Å². The van der Waals surface area contributed by atoms with E-state index in [0.29, 0.717) is 9.12 Å². The number of ether oxygens (including phenoxy) is 1. The van der Waals surface area contributed by atoms with Gasteiger partial charge in [-0.05, 0) is 12.1 Å². The van der Waals surface area contributed by atoms with E-state index in [1.54, 1.807) is 0 Å². The van der Waals surface area contributed by atoms with E-state index in [4.69, 9.17) is 9.30 Å². The fraction of sp³-hybridized carbons (Fsp3) is 0. The van der Waals surface area contributed by atoms with Crippen LogP contribution in [0.3, 0.4) is 0 Å². The summed E-state index contributed by atoms with van der Waals surface area (Å²) < 4.78 is 13.2. The molecule has 0 saturated carbocycles. The Hall–Kier alpha value is -0.750. The van der Waals surface area contributed by atoms with Crippen LogP contribution in [0.4, 0.5) is 0 Å². The van der Waals surface area contributed by atoms with Gasteiger partial charge in [0.2, 0.25) is 0 Å². The number of para-hydroxylation sites is 2. The maximum Gasteiger partial charge on any atom is 0.170 e. The average molecular weight is 142 g/mol. The highest BCUT2D eigenvalue weighted by Gasteiger charge is 2.15. The molecule has 1 unspecified atom stereocenters. The van der Waals surface area contributed by atoms with Crippen LogP contribution >= 0.6 is 9.12 Å². The molecule has 0 N–H and O–H groups in total. The molecule has 3 heteroatoms. The first-order chi connectivity index (χ1) is 4.47. The van der Waals surface area contributed by atoms with E-state index in [0.717, 1.165) is 11.5 Å². The molecule has 48 valence electrons. The Kier molecular flexibility index (Phi) is 1.91. The molecule has 1 atom stereocenters. The van der Waals surface area contributed by atoms with Crippen LogP contribution in [0, 0.1) is 0 Å². The van der Waals surface area contributed by atoms with Gasteiger partial charge in [0.05, 0.1) is 9.12 Å². The topological polar surface area (TPSA) is 29.6 Å². The van der Waals surface area contributed by atoms with Crippen molar-refractivity contribution < 1.29 is 9.30 Å². The summed E-state index contributed by atoms with van der Waals surface area (Å²) >= 11 is 0. The van der Waals surface area contributed by atoms with Gasteiger partial charge in [0.25, 0.3) is 0 Å². The van der Waals surface area contributed by atoms with Gasteiger partial charge in [-0.15, -0.1) is 0 Å². The van der Waals surface area contributed by atoms with E-state index >= 15 is 0 Å². The van der Waals surface area contributed by atoms with Gasteiger partial charge in [0.1, 0.15) is 0 Å². The molecular weight excluding hydrogens is 135 g/mol. The Bertz CT molecular complexity index is 191. The molecule has 0 aliphatic carbocycles. The maximum atomic E-state index is 8.28. The van der Waals surface area contributed by atoms with Gasteiger partial charge in [-0.3, -0.25) is 0 Å². The van der Waals surface area contributed by atoms with Crippen molar-refractivity contribution in [3.05, 3.63) is 24.3 Å². The second-order valence-corrected chi connectivity index (χ2v) is 1.55. The van der Waals surface area contributed by atoms with Crippen LogP contribution in [-0.4, -0.2) is 0 Å². The first-order valence-corrected chi connectivity index (χ1v) is 3.10. The molecule has 2 rings (SSSR count). The molecule has 2 nitrogen and oxygen atoms in total. The van der Waals surface area contributed by atoms with E-state index in [-0.39, 0.29) is 0 Å². The Morgan fingerprint density at radius 3 is 1.89 bits per heavy atom. The van der Waals surface area contributed by atoms with E-state index in [2.05, 4.69) is 0 Å². The summed E-state index contributed by atoms with van der Waals surface area (Å²) in [6, 6.07) is 7.84. The standard InChI is InChI=1S/C6H4O.H3OP/c1-2-4-6-5(3-1)7-6;1-2/h1-4H;2H3. The minimum atomic E-state index is 0.611. The zero-order valence-corrected chi connectivity index (χ0v) is 6.25. The van der Waals surface area contributed by atoms with E-state index in [1.165, 1.54) is 0 Å². The second kappa shape index (κ2) is 2.70. The minimum Gasteiger partial charge on any atom is -0.450 e. The zero-order chi connectivity index (χ0) is 6.69. The fourth-order valence-corrected chi connectivity index (χ4v) is 0.611. The normalized spacial score (nSPS) is 10.2. The van der Waals surface area contributed by atoms with Crippen molar-refractivity contribution in [2.24, 2.45) is 0 Å². The van der Waals surface area contributed by atoms with Gasteiger partial charge < -0.3 is 9.30 Å². The van der Waals surface area contributed by atoms with Gasteiger partial charge in [-0.25, -0.2) is 0 Å². The van der Waals surface area contributed by atoms with Gasteiger partial charge >= 0.3 is 0 Å². The first-order valence-electron chi connectivity index (χ1n) is 2.52. The van der Waals surface area contributed by atoms with Crippen LogP contribution in [0.15, 0.2) is 24.3 Å². The fourth-order valence-electron chi connectivity index (χ4n) is 0.611. The summed E-state index contributed by atoms with van der Waals surface area (Å²) in [7, 11) is 0.611. The molecular formula is C6H7O2P. The van der Waals surface area contributed by atoms with Crippen molar-refractivity contribution in [3.63, 3.8) is 0 Å². The van der Waals surface area contributed by atoms with Crippen LogP contribution in [0.25, 0.3) is 0 Å². The average Bonchev–Trinajstić information content (AvgIpc) is 2.69. The van der Waals surface area contributed by atoms with Gasteiger partial charge in [-0.1, -0.05) is 12.1 Å². The third-order valence-corrected chi connectivity index (χ3v) is 1.03. The largest absolute Gasteiger partial charge is 0.450 e. The van der Waals surface area contributed by atoms with Gasteiger partial charge in [0.15, 0.2) is 11.5 Å². The predicted molar refractivity (Wildman–Crippen MR) is 38.3 cm³/mol. The third kappa shape index (κ3) is 1.33. The zero-order valence-electron chi connectivity index (χ0n) is 4.83. The third-order valence-electron chi connectivity index (χ3n) is 1.03. The Balaban J connectivity index is 0.000000186. The lowest BCUT2D eigenvalue weighted by Crippen LogP contribution is -1.37. The Morgan fingerprint density at radius 2 is 1.56 bits per heavy atom. The quantitative estimate of drug-likeness (QED) is 0.414. The Labute approximate surface area is 55.1 Å². The van der Waals surface area contributed by atoms with Gasteiger partial charge in [0, 0.05) is 0 Å². The van der Waals surface area contributed by atoms with Crippen molar-refractivity contribution in [1.82, 2.24) is 0 Å². The Morgan fingerprint density at radius 1 is 1.11 bits per heavy atom. The van der Waals surface area contributed by atoms with E-state index in [9.17, 15) is 0 Å². The van der Waals surface area contributed by atoms with Crippen LogP contribution in [0.5, 0.6) is 11.5 Å². The number of hydrogen-bond acceptors (Lipinski definition) is 2. The lowest BCUT2D eigenvalue weighted by Gasteiger charge is -1.61. The van der Waals surface area contributed by atoms with Crippen molar-refractivity contribution in [1.29, 1.82) is 0 Å². The SMILES string of the molecule is O=[PH3].c1ccc2c(c1)O2. The molecule has 9 heavy (non-hydrogen) atoms. The highest BCUT2D eigenvalue weighted by Crippen LogP contribution is 2.43. The lowest BCUT2D eigenvalue weighted by molar-refractivity contribution is 0.607. The molecule has 0 radical (unpaired) electrons. The van der Waals surface area contributed by atoms with Crippen LogP contribution in [-0.2, 0) is 4.57 Å². The number of rotatable bonds is 0. The van der Waals surface area contributed by atoms with E-state index < -0.39 is 0 Å². The monoisotopic (exact) mass is 142 g/mol. The summed E-state index contributed by atoms with van der Waals surface area (Å²) in [6.07, 6.45) is 0. The smallest absolute Gasteiger partial charge is 0.170 e. The summed E-state index contributed by atoms with van der Waals surface area (Å²) in [5.74, 6) is 2.06. The minimum absolute atomic E-state index is 0.611. The molecule has 0 saturated heterocycles. The number of hydrogen-bond donors (Lipinski definition) is 0. The highest BCUT2D eigenvalue weighted by atomic mass is 31.0. The first kappa shape index (κ1) is 6.37. The molecule has 1 aromatic rings. The highest BCUT2D eigenvalue weighted by molar-refractivity contribution is 7.00. The van der Waals surface area contributed by atoms with Crippen molar-refractivity contribution in [2.45, 2.75) is 0 Å².